The number of hydrogen-bond donors (Lipinski definition) is 1. The Bertz CT molecular complexity index is 700. The molecule has 0 amide bonds. The molecule has 0 aliphatic heterocycles. The van der Waals surface area contributed by atoms with E-state index in [4.69, 9.17) is 5.73 Å². The zero-order chi connectivity index (χ0) is 12.7. The molecule has 0 aliphatic carbocycles. The van der Waals surface area contributed by atoms with Crippen LogP contribution < -0.4 is 17.0 Å². The van der Waals surface area contributed by atoms with Gasteiger partial charge in [-0.3, -0.25) is 9.36 Å². The first kappa shape index (κ1) is 12.1. The highest BCUT2D eigenvalue weighted by molar-refractivity contribution is 9.10. The number of benzene rings is 1. The van der Waals surface area contributed by atoms with Crippen LogP contribution in [-0.2, 0) is 7.05 Å². The van der Waals surface area contributed by atoms with E-state index in [1.807, 2.05) is 0 Å². The molecule has 1 aromatic heterocycles. The Morgan fingerprint density at radius 1 is 1.35 bits per heavy atom. The lowest BCUT2D eigenvalue weighted by molar-refractivity contribution is 0.511. The van der Waals surface area contributed by atoms with Crippen molar-refractivity contribution >= 4 is 26.8 Å². The average molecular weight is 298 g/mol. The molecule has 2 N–H and O–H groups in total. The second-order valence-corrected chi connectivity index (χ2v) is 4.83. The summed E-state index contributed by atoms with van der Waals surface area (Å²) >= 11 is 3.30. The Kier molecular flexibility index (Phi) is 2.92. The van der Waals surface area contributed by atoms with Gasteiger partial charge in [-0.05, 0) is 25.1 Å². The van der Waals surface area contributed by atoms with E-state index in [1.54, 1.807) is 32.2 Å². The van der Waals surface area contributed by atoms with Gasteiger partial charge in [0.2, 0.25) is 0 Å². The van der Waals surface area contributed by atoms with Gasteiger partial charge in [0.15, 0.2) is 0 Å². The van der Waals surface area contributed by atoms with Crippen LogP contribution in [0.5, 0.6) is 0 Å². The molecule has 1 heterocycles. The normalized spacial score (nSPS) is 12.9. The fourth-order valence-electron chi connectivity index (χ4n) is 1.81. The molecule has 0 spiro atoms. The summed E-state index contributed by atoms with van der Waals surface area (Å²) in [6.45, 7) is 1.60. The van der Waals surface area contributed by atoms with Crippen molar-refractivity contribution in [1.29, 1.82) is 0 Å². The smallest absolute Gasteiger partial charge is 0.311 e. The monoisotopic (exact) mass is 297 g/mol. The lowest BCUT2D eigenvalue weighted by Crippen LogP contribution is -2.43. The number of aryl methyl sites for hydroxylation is 1. The second kappa shape index (κ2) is 4.12. The zero-order valence-electron chi connectivity index (χ0n) is 9.48. The average Bonchev–Trinajstić information content (AvgIpc) is 2.26. The van der Waals surface area contributed by atoms with Crippen molar-refractivity contribution in [3.8, 4) is 0 Å². The van der Waals surface area contributed by atoms with E-state index in [-0.39, 0.29) is 5.56 Å². The highest BCUT2D eigenvalue weighted by Gasteiger charge is 2.13. The maximum Gasteiger partial charge on any atom is 0.332 e. The molecule has 1 aromatic carbocycles. The van der Waals surface area contributed by atoms with Crippen molar-refractivity contribution < 1.29 is 0 Å². The van der Waals surface area contributed by atoms with Crippen LogP contribution in [0.1, 0.15) is 13.1 Å². The largest absolute Gasteiger partial charge is 0.332 e. The summed E-state index contributed by atoms with van der Waals surface area (Å²) in [6, 6.07) is 5.21. The molecule has 17 heavy (non-hydrogen) atoms. The number of nitrogens with two attached hydrogens (primary N) is 1. The van der Waals surface area contributed by atoms with E-state index in [9.17, 15) is 9.59 Å². The fraction of sp³-hybridized carbons (Fsp3) is 0.273. The van der Waals surface area contributed by atoms with Crippen LogP contribution in [0.3, 0.4) is 0 Å². The maximum atomic E-state index is 12.1. The highest BCUT2D eigenvalue weighted by Crippen LogP contribution is 2.15. The molecule has 5 nitrogen and oxygen atoms in total. The third kappa shape index (κ3) is 1.83. The van der Waals surface area contributed by atoms with Crippen LogP contribution in [0.2, 0.25) is 0 Å². The first-order valence-corrected chi connectivity index (χ1v) is 5.89. The minimum Gasteiger partial charge on any atom is -0.311 e. The summed E-state index contributed by atoms with van der Waals surface area (Å²) in [5.41, 5.74) is 5.48. The molecule has 0 bridgehead atoms. The third-order valence-corrected chi connectivity index (χ3v) is 3.16. The van der Waals surface area contributed by atoms with Gasteiger partial charge in [-0.1, -0.05) is 15.9 Å². The summed E-state index contributed by atoms with van der Waals surface area (Å²) < 4.78 is 3.26. The first-order chi connectivity index (χ1) is 7.93. The predicted octanol–water partition coefficient (Wildman–Crippen LogP) is 0.940. The molecule has 2 aromatic rings. The molecule has 6 heteroatoms. The van der Waals surface area contributed by atoms with E-state index in [1.165, 1.54) is 4.57 Å². The number of nitrogens with zero attached hydrogens (tertiary/aromatic N) is 2. The van der Waals surface area contributed by atoms with Crippen molar-refractivity contribution in [3.05, 3.63) is 43.5 Å². The maximum absolute atomic E-state index is 12.1. The summed E-state index contributed by atoms with van der Waals surface area (Å²) in [6.07, 6.45) is -0.649. The molecule has 0 fully saturated rings. The number of fused-ring (bicyclic) bond motifs is 1. The Labute approximate surface area is 106 Å². The third-order valence-electron chi connectivity index (χ3n) is 2.67. The van der Waals surface area contributed by atoms with Crippen molar-refractivity contribution in [3.63, 3.8) is 0 Å². The van der Waals surface area contributed by atoms with Gasteiger partial charge >= 0.3 is 5.69 Å². The molecule has 90 valence electrons. The van der Waals surface area contributed by atoms with E-state index >= 15 is 0 Å². The molecule has 0 radical (unpaired) electrons. The van der Waals surface area contributed by atoms with Gasteiger partial charge in [-0.25, -0.2) is 9.36 Å². The number of aromatic nitrogens is 2. The summed E-state index contributed by atoms with van der Waals surface area (Å²) in [4.78, 5) is 24.1. The van der Waals surface area contributed by atoms with Gasteiger partial charge in [-0.15, -0.1) is 0 Å². The number of hydrogen-bond acceptors (Lipinski definition) is 3. The number of halogens is 1. The topological polar surface area (TPSA) is 70.0 Å². The highest BCUT2D eigenvalue weighted by atomic mass is 79.9. The van der Waals surface area contributed by atoms with Crippen LogP contribution in [0.25, 0.3) is 10.9 Å². The van der Waals surface area contributed by atoms with Crippen molar-refractivity contribution in [2.75, 3.05) is 0 Å². The Hall–Kier alpha value is -1.40. The minimum atomic E-state index is -0.649. The van der Waals surface area contributed by atoms with Gasteiger partial charge in [0.05, 0.1) is 17.1 Å². The van der Waals surface area contributed by atoms with Crippen molar-refractivity contribution in [2.24, 2.45) is 12.8 Å². The molecule has 0 saturated carbocycles. The number of rotatable bonds is 1. The Balaban J connectivity index is 3.07. The van der Waals surface area contributed by atoms with Crippen LogP contribution in [-0.4, -0.2) is 9.13 Å². The van der Waals surface area contributed by atoms with Gasteiger partial charge < -0.3 is 5.73 Å². The predicted molar refractivity (Wildman–Crippen MR) is 70.0 cm³/mol. The van der Waals surface area contributed by atoms with Gasteiger partial charge in [0.25, 0.3) is 5.56 Å². The Morgan fingerprint density at radius 2 is 2.00 bits per heavy atom. The van der Waals surface area contributed by atoms with Gasteiger partial charge in [0.1, 0.15) is 0 Å². The van der Waals surface area contributed by atoms with Crippen molar-refractivity contribution in [2.45, 2.75) is 13.1 Å². The molecule has 1 unspecified atom stereocenters. The second-order valence-electron chi connectivity index (χ2n) is 3.92. The molecule has 0 saturated heterocycles. The summed E-state index contributed by atoms with van der Waals surface area (Å²) in [5, 5.41) is 0.471. The van der Waals surface area contributed by atoms with Gasteiger partial charge in [-0.2, -0.15) is 0 Å². The van der Waals surface area contributed by atoms with E-state index < -0.39 is 11.9 Å². The Morgan fingerprint density at radius 3 is 2.59 bits per heavy atom. The SMILES string of the molecule is CC(N)n1c(=O)c2cc(Br)ccc2n(C)c1=O. The van der Waals surface area contributed by atoms with Crippen LogP contribution in [0, 0.1) is 0 Å². The van der Waals surface area contributed by atoms with Crippen LogP contribution in [0.4, 0.5) is 0 Å². The first-order valence-electron chi connectivity index (χ1n) is 5.10. The van der Waals surface area contributed by atoms with E-state index in [0.29, 0.717) is 10.9 Å². The summed E-state index contributed by atoms with van der Waals surface area (Å²) in [7, 11) is 1.62. The van der Waals surface area contributed by atoms with Crippen LogP contribution >= 0.6 is 15.9 Å². The fourth-order valence-corrected chi connectivity index (χ4v) is 2.17. The minimum absolute atomic E-state index is 0.362. The quantitative estimate of drug-likeness (QED) is 0.852. The summed E-state index contributed by atoms with van der Waals surface area (Å²) in [5.74, 6) is 0. The standard InChI is InChI=1S/C11H12BrN3O2/c1-6(13)15-10(16)8-5-7(12)3-4-9(8)14(2)11(15)17/h3-6H,13H2,1-2H3. The molecule has 1 atom stereocenters. The van der Waals surface area contributed by atoms with Gasteiger partial charge in [0, 0.05) is 11.5 Å². The van der Waals surface area contributed by atoms with Crippen molar-refractivity contribution in [1.82, 2.24) is 9.13 Å². The zero-order valence-corrected chi connectivity index (χ0v) is 11.1. The lowest BCUT2D eigenvalue weighted by Gasteiger charge is -2.13. The molecular formula is C11H12BrN3O2. The van der Waals surface area contributed by atoms with E-state index in [2.05, 4.69) is 15.9 Å². The molecule has 0 aliphatic rings. The molecular weight excluding hydrogens is 286 g/mol. The molecule has 2 rings (SSSR count). The lowest BCUT2D eigenvalue weighted by atomic mass is 10.2. The van der Waals surface area contributed by atoms with Crippen LogP contribution in [0.15, 0.2) is 32.3 Å². The van der Waals surface area contributed by atoms with E-state index in [0.717, 1.165) is 9.04 Å².